The van der Waals surface area contributed by atoms with Gasteiger partial charge in [-0.25, -0.2) is 17.2 Å². The highest BCUT2D eigenvalue weighted by Gasteiger charge is 2.17. The molecule has 0 bridgehead atoms. The lowest BCUT2D eigenvalue weighted by Crippen LogP contribution is -2.22. The van der Waals surface area contributed by atoms with Gasteiger partial charge in [0, 0.05) is 36.6 Å². The predicted octanol–water partition coefficient (Wildman–Crippen LogP) is 4.00. The van der Waals surface area contributed by atoms with Crippen molar-refractivity contribution in [2.75, 3.05) is 22.0 Å². The fourth-order valence-corrected chi connectivity index (χ4v) is 3.77. The number of halogens is 2. The Balaban J connectivity index is 1.67. The molecule has 0 aliphatic carbocycles. The maximum Gasteiger partial charge on any atom is 0.261 e. The first-order valence-electron chi connectivity index (χ1n) is 9.30. The molecule has 0 radical (unpaired) electrons. The van der Waals surface area contributed by atoms with Gasteiger partial charge in [-0.05, 0) is 66.7 Å². The number of benzene rings is 3. The zero-order chi connectivity index (χ0) is 23.5. The van der Waals surface area contributed by atoms with Crippen LogP contribution in [0.15, 0.2) is 71.6 Å². The molecule has 3 aromatic carbocycles. The van der Waals surface area contributed by atoms with E-state index in [0.717, 1.165) is 12.1 Å². The molecule has 0 aliphatic rings. The van der Waals surface area contributed by atoms with Gasteiger partial charge in [-0.2, -0.15) is 0 Å². The summed E-state index contributed by atoms with van der Waals surface area (Å²) in [5.41, 5.74) is 1.60. The number of sulfonamides is 1. The van der Waals surface area contributed by atoms with Crippen LogP contribution in [-0.2, 0) is 14.8 Å². The minimum absolute atomic E-state index is 0.123. The van der Waals surface area contributed by atoms with Crippen LogP contribution in [0.1, 0.15) is 17.3 Å². The molecule has 32 heavy (non-hydrogen) atoms. The first-order valence-corrected chi connectivity index (χ1v) is 10.8. The first kappa shape index (κ1) is 22.9. The van der Waals surface area contributed by atoms with E-state index < -0.39 is 32.5 Å². The van der Waals surface area contributed by atoms with Gasteiger partial charge in [0.15, 0.2) is 11.6 Å². The highest BCUT2D eigenvalue weighted by molar-refractivity contribution is 7.92. The van der Waals surface area contributed by atoms with E-state index in [1.54, 1.807) is 31.3 Å². The second-order valence-corrected chi connectivity index (χ2v) is 8.52. The minimum atomic E-state index is -4.14. The van der Waals surface area contributed by atoms with E-state index in [1.807, 2.05) is 0 Å². The molecule has 0 saturated heterocycles. The molecule has 3 rings (SSSR count). The average molecular weight is 459 g/mol. The summed E-state index contributed by atoms with van der Waals surface area (Å²) in [5.74, 6) is -2.98. The Hall–Kier alpha value is -3.79. The summed E-state index contributed by atoms with van der Waals surface area (Å²) in [6.45, 7) is 1.44. The van der Waals surface area contributed by atoms with E-state index in [1.165, 1.54) is 36.1 Å². The third-order valence-electron chi connectivity index (χ3n) is 4.59. The third kappa shape index (κ3) is 5.27. The molecular formula is C22H19F2N3O4S. The Morgan fingerprint density at radius 1 is 0.844 bits per heavy atom. The molecule has 0 spiro atoms. The van der Waals surface area contributed by atoms with E-state index in [9.17, 15) is 26.8 Å². The largest absolute Gasteiger partial charge is 0.322 e. The highest BCUT2D eigenvalue weighted by Crippen LogP contribution is 2.20. The number of carbonyl (C=O) groups excluding carboxylic acids is 2. The van der Waals surface area contributed by atoms with Crippen molar-refractivity contribution < 1.29 is 26.8 Å². The molecule has 0 fully saturated rings. The summed E-state index contributed by atoms with van der Waals surface area (Å²) >= 11 is 0. The van der Waals surface area contributed by atoms with Crippen LogP contribution >= 0.6 is 0 Å². The molecule has 10 heteroatoms. The van der Waals surface area contributed by atoms with Crippen LogP contribution in [0.25, 0.3) is 0 Å². The molecule has 0 atom stereocenters. The fraction of sp³-hybridized carbons (Fsp3) is 0.0909. The normalized spacial score (nSPS) is 11.0. The maximum atomic E-state index is 13.3. The monoisotopic (exact) mass is 459 g/mol. The van der Waals surface area contributed by atoms with Gasteiger partial charge in [0.1, 0.15) is 0 Å². The van der Waals surface area contributed by atoms with Crippen LogP contribution in [0.4, 0.5) is 25.8 Å². The van der Waals surface area contributed by atoms with Crippen LogP contribution in [0.5, 0.6) is 0 Å². The van der Waals surface area contributed by atoms with Crippen LogP contribution in [0, 0.1) is 11.6 Å². The lowest BCUT2D eigenvalue weighted by atomic mass is 10.2. The Morgan fingerprint density at radius 3 is 2.00 bits per heavy atom. The molecule has 0 aliphatic heterocycles. The molecule has 7 nitrogen and oxygen atoms in total. The number of anilines is 3. The zero-order valence-corrected chi connectivity index (χ0v) is 17.9. The number of hydrogen-bond donors (Lipinski definition) is 2. The van der Waals surface area contributed by atoms with Gasteiger partial charge in [0.05, 0.1) is 4.90 Å². The molecule has 2 N–H and O–H groups in total. The standard InChI is InChI=1S/C22H19F2N3O4S/c1-14(28)27(2)18-9-7-16(8-10-18)25-22(29)15-3-5-17(6-4-15)26-32(30,31)19-11-12-20(23)21(24)13-19/h3-13,26H,1-2H3,(H,25,29). The number of nitrogens with zero attached hydrogens (tertiary/aromatic N) is 1. The minimum Gasteiger partial charge on any atom is -0.322 e. The fourth-order valence-electron chi connectivity index (χ4n) is 2.70. The van der Waals surface area contributed by atoms with Crippen LogP contribution in [0.3, 0.4) is 0 Å². The zero-order valence-electron chi connectivity index (χ0n) is 17.1. The molecule has 0 saturated carbocycles. The number of carbonyl (C=O) groups is 2. The van der Waals surface area contributed by atoms with Gasteiger partial charge in [-0.15, -0.1) is 0 Å². The lowest BCUT2D eigenvalue weighted by Gasteiger charge is -2.15. The second-order valence-electron chi connectivity index (χ2n) is 6.84. The van der Waals surface area contributed by atoms with Crippen LogP contribution in [-0.4, -0.2) is 27.3 Å². The number of amides is 2. The van der Waals surface area contributed by atoms with Crippen LogP contribution < -0.4 is 14.9 Å². The topological polar surface area (TPSA) is 95.6 Å². The number of rotatable bonds is 6. The third-order valence-corrected chi connectivity index (χ3v) is 5.96. The van der Waals surface area contributed by atoms with Gasteiger partial charge < -0.3 is 10.2 Å². The Labute approximate surface area is 183 Å². The molecule has 2 amide bonds. The van der Waals surface area contributed by atoms with E-state index >= 15 is 0 Å². The van der Waals surface area contributed by atoms with Crippen molar-refractivity contribution in [3.8, 4) is 0 Å². The molecular weight excluding hydrogens is 440 g/mol. The summed E-state index contributed by atoms with van der Waals surface area (Å²) in [7, 11) is -2.50. The summed E-state index contributed by atoms with van der Waals surface area (Å²) in [6.07, 6.45) is 0. The van der Waals surface area contributed by atoms with Crippen molar-refractivity contribution in [3.63, 3.8) is 0 Å². The summed E-state index contributed by atoms with van der Waals surface area (Å²) < 4.78 is 53.3. The molecule has 0 heterocycles. The molecule has 166 valence electrons. The quantitative estimate of drug-likeness (QED) is 0.583. The van der Waals surface area contributed by atoms with Crippen molar-refractivity contribution >= 4 is 38.9 Å². The second kappa shape index (κ2) is 9.15. The van der Waals surface area contributed by atoms with Crippen molar-refractivity contribution in [2.24, 2.45) is 0 Å². The summed E-state index contributed by atoms with van der Waals surface area (Å²) in [4.78, 5) is 24.9. The van der Waals surface area contributed by atoms with Gasteiger partial charge in [-0.1, -0.05) is 0 Å². The summed E-state index contributed by atoms with van der Waals surface area (Å²) in [5, 5.41) is 2.70. The van der Waals surface area contributed by atoms with Crippen LogP contribution in [0.2, 0.25) is 0 Å². The molecule has 0 aromatic heterocycles. The van der Waals surface area contributed by atoms with Gasteiger partial charge in [0.25, 0.3) is 15.9 Å². The van der Waals surface area contributed by atoms with Gasteiger partial charge in [0.2, 0.25) is 5.91 Å². The van der Waals surface area contributed by atoms with Crippen molar-refractivity contribution in [1.29, 1.82) is 0 Å². The maximum absolute atomic E-state index is 13.3. The van der Waals surface area contributed by atoms with E-state index in [0.29, 0.717) is 17.4 Å². The lowest BCUT2D eigenvalue weighted by molar-refractivity contribution is -0.116. The first-order chi connectivity index (χ1) is 15.1. The Bertz CT molecular complexity index is 1260. The van der Waals surface area contributed by atoms with E-state index in [-0.39, 0.29) is 17.2 Å². The molecule has 0 unspecified atom stereocenters. The summed E-state index contributed by atoms with van der Waals surface area (Å²) in [6, 6.07) is 14.5. The molecule has 3 aromatic rings. The van der Waals surface area contributed by atoms with Gasteiger partial charge in [-0.3, -0.25) is 14.3 Å². The highest BCUT2D eigenvalue weighted by atomic mass is 32.2. The van der Waals surface area contributed by atoms with E-state index in [4.69, 9.17) is 0 Å². The Kier molecular flexibility index (Phi) is 6.54. The predicted molar refractivity (Wildman–Crippen MR) is 117 cm³/mol. The van der Waals surface area contributed by atoms with Crippen molar-refractivity contribution in [2.45, 2.75) is 11.8 Å². The Morgan fingerprint density at radius 2 is 1.44 bits per heavy atom. The van der Waals surface area contributed by atoms with Crippen molar-refractivity contribution in [1.82, 2.24) is 0 Å². The number of hydrogen-bond acceptors (Lipinski definition) is 4. The van der Waals surface area contributed by atoms with Crippen molar-refractivity contribution in [3.05, 3.63) is 83.9 Å². The van der Waals surface area contributed by atoms with E-state index in [2.05, 4.69) is 10.0 Å². The smallest absolute Gasteiger partial charge is 0.261 e. The SMILES string of the molecule is CC(=O)N(C)c1ccc(NC(=O)c2ccc(NS(=O)(=O)c3ccc(F)c(F)c3)cc2)cc1. The average Bonchev–Trinajstić information content (AvgIpc) is 2.75. The number of nitrogens with one attached hydrogen (secondary N) is 2. The van der Waals surface area contributed by atoms with Gasteiger partial charge >= 0.3 is 0 Å².